The van der Waals surface area contributed by atoms with E-state index in [4.69, 9.17) is 9.47 Å². The minimum absolute atomic E-state index is 0.00577. The largest absolute Gasteiger partial charge is 0.392 e. The maximum absolute atomic E-state index is 11.4. The van der Waals surface area contributed by atoms with Crippen molar-refractivity contribution in [2.45, 2.75) is 58.0 Å². The number of β-amino-alcohol motifs (C(OH)–C–C–N with tert-alkyl or cyclic N) is 1. The Kier molecular flexibility index (Phi) is 8.75. The summed E-state index contributed by atoms with van der Waals surface area (Å²) in [6, 6.07) is 24.3. The number of carbonyl (C=O) groups excluding carboxylic acids is 1. The standard InChI is InChI=1S/C32H38N2O5/c1-21-30(19-34-14-13-29(37)18-34)38-32(39-31(21)25-11-9-23(20-35)10-12-25)28-8-4-7-27(16-28)26-6-3-5-24(15-26)17-33-22(2)36/h3-12,15-16,21,29-32,35,37H,13-14,17-20H2,1-2H3,(H,33,36)/t21-,29-,30+,31+,32+/m0/s1. The number of amides is 1. The zero-order chi connectivity index (χ0) is 27.4. The number of aliphatic hydroxyl groups is 2. The maximum atomic E-state index is 11.4. The quantitative estimate of drug-likeness (QED) is 0.401. The van der Waals surface area contributed by atoms with Crippen LogP contribution in [0.3, 0.4) is 0 Å². The first-order chi connectivity index (χ1) is 18.9. The van der Waals surface area contributed by atoms with Crippen LogP contribution in [0.2, 0.25) is 0 Å². The zero-order valence-corrected chi connectivity index (χ0v) is 22.6. The number of carbonyl (C=O) groups is 1. The van der Waals surface area contributed by atoms with Crippen molar-refractivity contribution < 1.29 is 24.5 Å². The first kappa shape index (κ1) is 27.5. The van der Waals surface area contributed by atoms with Crippen molar-refractivity contribution in [1.82, 2.24) is 10.2 Å². The van der Waals surface area contributed by atoms with E-state index in [1.54, 1.807) is 0 Å². The smallest absolute Gasteiger partial charge is 0.217 e. The summed E-state index contributed by atoms with van der Waals surface area (Å²) in [5.74, 6) is 0.0365. The SMILES string of the molecule is CC(=O)NCc1cccc(-c2cccc([C@@H]3O[C@H](CN4CC[C@H](O)C4)[C@H](C)[C@H](c4ccc(CO)cc4)O3)c2)c1. The third-order valence-corrected chi connectivity index (χ3v) is 7.77. The molecular formula is C32H38N2O5. The lowest BCUT2D eigenvalue weighted by atomic mass is 9.90. The molecule has 7 heteroatoms. The van der Waals surface area contributed by atoms with E-state index in [0.717, 1.165) is 52.9 Å². The van der Waals surface area contributed by atoms with Crippen LogP contribution in [0.5, 0.6) is 0 Å². The van der Waals surface area contributed by atoms with Crippen LogP contribution in [-0.4, -0.2) is 52.9 Å². The fraction of sp³-hybridized carbons (Fsp3) is 0.406. The minimum atomic E-state index is -0.552. The van der Waals surface area contributed by atoms with Gasteiger partial charge in [0.1, 0.15) is 0 Å². The Bertz CT molecular complexity index is 1260. The van der Waals surface area contributed by atoms with Crippen LogP contribution >= 0.6 is 0 Å². The van der Waals surface area contributed by atoms with Crippen molar-refractivity contribution in [3.05, 3.63) is 95.1 Å². The normalized spacial score (nSPS) is 25.5. The summed E-state index contributed by atoms with van der Waals surface area (Å²) in [5.41, 5.74) is 6.00. The van der Waals surface area contributed by atoms with E-state index in [1.807, 2.05) is 48.5 Å². The molecular weight excluding hydrogens is 492 g/mol. The van der Waals surface area contributed by atoms with Gasteiger partial charge in [0, 0.05) is 44.6 Å². The lowest BCUT2D eigenvalue weighted by Gasteiger charge is -2.42. The van der Waals surface area contributed by atoms with Crippen LogP contribution in [0.1, 0.15) is 54.9 Å². The first-order valence-electron chi connectivity index (χ1n) is 13.7. The van der Waals surface area contributed by atoms with Gasteiger partial charge in [-0.3, -0.25) is 9.69 Å². The monoisotopic (exact) mass is 530 g/mol. The predicted molar refractivity (Wildman–Crippen MR) is 149 cm³/mol. The predicted octanol–water partition coefficient (Wildman–Crippen LogP) is 4.34. The molecule has 7 nitrogen and oxygen atoms in total. The minimum Gasteiger partial charge on any atom is -0.392 e. The molecule has 2 aliphatic heterocycles. The molecule has 5 rings (SSSR count). The number of benzene rings is 3. The van der Waals surface area contributed by atoms with Gasteiger partial charge in [0.05, 0.1) is 24.9 Å². The van der Waals surface area contributed by atoms with E-state index in [0.29, 0.717) is 13.1 Å². The average molecular weight is 531 g/mol. The fourth-order valence-corrected chi connectivity index (χ4v) is 5.51. The van der Waals surface area contributed by atoms with Crippen LogP contribution in [-0.2, 0) is 27.4 Å². The summed E-state index contributed by atoms with van der Waals surface area (Å²) >= 11 is 0. The Morgan fingerprint density at radius 2 is 1.72 bits per heavy atom. The highest BCUT2D eigenvalue weighted by atomic mass is 16.7. The second kappa shape index (κ2) is 12.4. The van der Waals surface area contributed by atoms with Gasteiger partial charge in [-0.25, -0.2) is 0 Å². The number of hydrogen-bond donors (Lipinski definition) is 3. The fourth-order valence-electron chi connectivity index (χ4n) is 5.51. The number of rotatable bonds is 8. The molecule has 0 aromatic heterocycles. The van der Waals surface area contributed by atoms with Crippen LogP contribution in [0.4, 0.5) is 0 Å². The zero-order valence-electron chi connectivity index (χ0n) is 22.6. The van der Waals surface area contributed by atoms with Gasteiger partial charge in [0.2, 0.25) is 5.91 Å². The molecule has 0 saturated carbocycles. The molecule has 0 aliphatic carbocycles. The first-order valence-corrected chi connectivity index (χ1v) is 13.7. The van der Waals surface area contributed by atoms with Crippen molar-refractivity contribution in [3.8, 4) is 11.1 Å². The van der Waals surface area contributed by atoms with Crippen LogP contribution in [0, 0.1) is 5.92 Å². The van der Waals surface area contributed by atoms with Crippen molar-refractivity contribution in [1.29, 1.82) is 0 Å². The second-order valence-electron chi connectivity index (χ2n) is 10.8. The molecule has 2 heterocycles. The number of aliphatic hydroxyl groups excluding tert-OH is 2. The number of nitrogens with one attached hydrogen (secondary N) is 1. The third-order valence-electron chi connectivity index (χ3n) is 7.77. The van der Waals surface area contributed by atoms with Gasteiger partial charge in [-0.15, -0.1) is 0 Å². The molecule has 0 radical (unpaired) electrons. The number of likely N-dealkylation sites (tertiary alicyclic amines) is 1. The summed E-state index contributed by atoms with van der Waals surface area (Å²) < 4.78 is 13.3. The number of hydrogen-bond acceptors (Lipinski definition) is 6. The summed E-state index contributed by atoms with van der Waals surface area (Å²) in [6.45, 7) is 6.43. The summed E-state index contributed by atoms with van der Waals surface area (Å²) in [6.07, 6.45) is -0.310. The maximum Gasteiger partial charge on any atom is 0.217 e. The Morgan fingerprint density at radius 1 is 0.974 bits per heavy atom. The van der Waals surface area contributed by atoms with Crippen molar-refractivity contribution in [3.63, 3.8) is 0 Å². The molecule has 0 unspecified atom stereocenters. The third kappa shape index (κ3) is 6.75. The summed E-state index contributed by atoms with van der Waals surface area (Å²) in [4.78, 5) is 13.6. The van der Waals surface area contributed by atoms with Crippen molar-refractivity contribution in [2.75, 3.05) is 19.6 Å². The van der Waals surface area contributed by atoms with Crippen molar-refractivity contribution in [2.24, 2.45) is 5.92 Å². The van der Waals surface area contributed by atoms with E-state index in [1.165, 1.54) is 6.92 Å². The average Bonchev–Trinajstić information content (AvgIpc) is 3.37. The molecule has 0 spiro atoms. The molecule has 2 aliphatic rings. The van der Waals surface area contributed by atoms with Gasteiger partial charge < -0.3 is 25.0 Å². The number of nitrogens with zero attached hydrogens (tertiary/aromatic N) is 1. The van der Waals surface area contributed by atoms with Crippen LogP contribution in [0.25, 0.3) is 11.1 Å². The molecule has 5 atom stereocenters. The highest BCUT2D eigenvalue weighted by Gasteiger charge is 2.40. The van der Waals surface area contributed by atoms with Gasteiger partial charge in [-0.2, -0.15) is 0 Å². The van der Waals surface area contributed by atoms with Gasteiger partial charge in [0.25, 0.3) is 0 Å². The summed E-state index contributed by atoms with van der Waals surface area (Å²) in [5, 5.41) is 22.4. The van der Waals surface area contributed by atoms with Crippen LogP contribution in [0.15, 0.2) is 72.8 Å². The topological polar surface area (TPSA) is 91.3 Å². The lowest BCUT2D eigenvalue weighted by molar-refractivity contribution is -0.276. The molecule has 1 amide bonds. The molecule has 3 N–H and O–H groups in total. The Hall–Kier alpha value is -3.07. The molecule has 0 bridgehead atoms. The Morgan fingerprint density at radius 3 is 2.41 bits per heavy atom. The Balaban J connectivity index is 1.41. The number of ether oxygens (including phenoxy) is 2. The molecule has 3 aromatic rings. The van der Waals surface area contributed by atoms with Crippen molar-refractivity contribution >= 4 is 5.91 Å². The summed E-state index contributed by atoms with van der Waals surface area (Å²) in [7, 11) is 0. The molecule has 206 valence electrons. The molecule has 3 aromatic carbocycles. The van der Waals surface area contributed by atoms with E-state index >= 15 is 0 Å². The van der Waals surface area contributed by atoms with Gasteiger partial charge in [-0.05, 0) is 46.4 Å². The van der Waals surface area contributed by atoms with Gasteiger partial charge in [0.15, 0.2) is 6.29 Å². The second-order valence-corrected chi connectivity index (χ2v) is 10.8. The van der Waals surface area contributed by atoms with E-state index in [9.17, 15) is 15.0 Å². The van der Waals surface area contributed by atoms with E-state index in [-0.39, 0.29) is 36.7 Å². The highest BCUT2D eigenvalue weighted by Crippen LogP contribution is 2.42. The highest BCUT2D eigenvalue weighted by molar-refractivity contribution is 5.73. The molecule has 2 fully saturated rings. The van der Waals surface area contributed by atoms with E-state index < -0.39 is 6.29 Å². The lowest BCUT2D eigenvalue weighted by Crippen LogP contribution is -2.44. The van der Waals surface area contributed by atoms with Gasteiger partial charge in [-0.1, -0.05) is 67.6 Å². The Labute approximate surface area is 230 Å². The van der Waals surface area contributed by atoms with Gasteiger partial charge >= 0.3 is 0 Å². The van der Waals surface area contributed by atoms with Crippen LogP contribution < -0.4 is 5.32 Å². The molecule has 2 saturated heterocycles. The molecule has 39 heavy (non-hydrogen) atoms. The van der Waals surface area contributed by atoms with E-state index in [2.05, 4.69) is 41.4 Å².